The summed E-state index contributed by atoms with van der Waals surface area (Å²) in [5.41, 5.74) is -0.569. The van der Waals surface area contributed by atoms with Crippen LogP contribution in [0.4, 0.5) is 11.6 Å². The Morgan fingerprint density at radius 3 is 2.88 bits per heavy atom. The molecule has 1 fully saturated rings. The molecule has 25 heavy (non-hydrogen) atoms. The van der Waals surface area contributed by atoms with Crippen molar-refractivity contribution in [2.45, 2.75) is 12.0 Å². The standard InChI is InChI=1S/C16H23N7O2/c1-21(2)13-8-14(18-11-17-13)23-7-5-16(25,10-23)9-22(3)15(24)12-4-6-19-20-12/h4,6,8,11,25H,5,7,9-10H2,1-3H3,(H,19,20)/t16-/m1/s1. The Morgan fingerprint density at radius 2 is 2.20 bits per heavy atom. The summed E-state index contributed by atoms with van der Waals surface area (Å²) in [4.78, 5) is 26.3. The topological polar surface area (TPSA) is 101 Å². The first-order valence-corrected chi connectivity index (χ1v) is 8.09. The third-order valence-electron chi connectivity index (χ3n) is 4.36. The number of hydrogen-bond donors (Lipinski definition) is 2. The fourth-order valence-electron chi connectivity index (χ4n) is 3.03. The van der Waals surface area contributed by atoms with Gasteiger partial charge in [-0.3, -0.25) is 9.89 Å². The van der Waals surface area contributed by atoms with Crippen LogP contribution in [-0.4, -0.2) is 82.5 Å². The van der Waals surface area contributed by atoms with Gasteiger partial charge in [0.25, 0.3) is 5.91 Å². The molecule has 2 aromatic heterocycles. The lowest BCUT2D eigenvalue weighted by Gasteiger charge is -2.29. The average molecular weight is 345 g/mol. The third kappa shape index (κ3) is 3.71. The number of anilines is 2. The number of H-pyrrole nitrogens is 1. The summed E-state index contributed by atoms with van der Waals surface area (Å²) >= 11 is 0. The predicted octanol–water partition coefficient (Wildman–Crippen LogP) is -0.0209. The number of carbonyl (C=O) groups is 1. The fraction of sp³-hybridized carbons (Fsp3) is 0.500. The molecule has 2 N–H and O–H groups in total. The van der Waals surface area contributed by atoms with Gasteiger partial charge < -0.3 is 19.8 Å². The van der Waals surface area contributed by atoms with Crippen LogP contribution < -0.4 is 9.80 Å². The lowest BCUT2D eigenvalue weighted by molar-refractivity contribution is 0.0262. The lowest BCUT2D eigenvalue weighted by atomic mass is 10.0. The molecule has 2 aromatic rings. The van der Waals surface area contributed by atoms with Gasteiger partial charge in [-0.15, -0.1) is 0 Å². The van der Waals surface area contributed by atoms with Crippen LogP contribution in [0, 0.1) is 0 Å². The van der Waals surface area contributed by atoms with Crippen molar-refractivity contribution in [1.29, 1.82) is 0 Å². The Kier molecular flexibility index (Phi) is 4.58. The van der Waals surface area contributed by atoms with Gasteiger partial charge in [-0.2, -0.15) is 5.10 Å². The van der Waals surface area contributed by atoms with Gasteiger partial charge in [-0.1, -0.05) is 0 Å². The summed E-state index contributed by atoms with van der Waals surface area (Å²) in [6, 6.07) is 3.51. The Balaban J connectivity index is 1.66. The number of β-amino-alcohol motifs (C(OH)–C–C–N with tert-alkyl or cyclic N) is 1. The summed E-state index contributed by atoms with van der Waals surface area (Å²) < 4.78 is 0. The number of nitrogens with one attached hydrogen (secondary N) is 1. The summed E-state index contributed by atoms with van der Waals surface area (Å²) in [5, 5.41) is 17.3. The van der Waals surface area contributed by atoms with Gasteiger partial charge in [0.1, 0.15) is 29.3 Å². The molecule has 0 aromatic carbocycles. The Hall–Kier alpha value is -2.68. The van der Waals surface area contributed by atoms with Crippen LogP contribution in [0.15, 0.2) is 24.7 Å². The summed E-state index contributed by atoms with van der Waals surface area (Å²) in [7, 11) is 5.52. The lowest BCUT2D eigenvalue weighted by Crippen LogP contribution is -2.46. The zero-order valence-electron chi connectivity index (χ0n) is 14.7. The van der Waals surface area contributed by atoms with E-state index in [-0.39, 0.29) is 12.5 Å². The summed E-state index contributed by atoms with van der Waals surface area (Å²) in [6.45, 7) is 1.33. The van der Waals surface area contributed by atoms with Crippen molar-refractivity contribution >= 4 is 17.5 Å². The van der Waals surface area contributed by atoms with E-state index in [1.54, 1.807) is 13.1 Å². The number of amides is 1. The third-order valence-corrected chi connectivity index (χ3v) is 4.36. The minimum atomic E-state index is -0.979. The van der Waals surface area contributed by atoms with Crippen LogP contribution in [-0.2, 0) is 0 Å². The van der Waals surface area contributed by atoms with Gasteiger partial charge in [-0.25, -0.2) is 9.97 Å². The minimum Gasteiger partial charge on any atom is -0.386 e. The van der Waals surface area contributed by atoms with E-state index in [1.807, 2.05) is 30.0 Å². The SMILES string of the molecule is CN(C[C@]1(O)CCN(c2cc(N(C)C)ncn2)C1)C(=O)c1ccn[nH]1. The highest BCUT2D eigenvalue weighted by Gasteiger charge is 2.38. The molecule has 1 saturated heterocycles. The van der Waals surface area contributed by atoms with Gasteiger partial charge in [0, 0.05) is 46.5 Å². The zero-order chi connectivity index (χ0) is 18.0. The molecule has 1 aliphatic heterocycles. The van der Waals surface area contributed by atoms with E-state index in [0.717, 1.165) is 11.6 Å². The highest BCUT2D eigenvalue weighted by atomic mass is 16.3. The smallest absolute Gasteiger partial charge is 0.271 e. The fourth-order valence-corrected chi connectivity index (χ4v) is 3.03. The zero-order valence-corrected chi connectivity index (χ0v) is 14.7. The Morgan fingerprint density at radius 1 is 1.40 bits per heavy atom. The van der Waals surface area contributed by atoms with Crippen molar-refractivity contribution in [2.24, 2.45) is 0 Å². The van der Waals surface area contributed by atoms with Crippen LogP contribution in [0.2, 0.25) is 0 Å². The number of aliphatic hydroxyl groups is 1. The highest BCUT2D eigenvalue weighted by molar-refractivity contribution is 5.92. The maximum atomic E-state index is 12.3. The number of aromatic amines is 1. The van der Waals surface area contributed by atoms with E-state index >= 15 is 0 Å². The number of carbonyl (C=O) groups excluding carboxylic acids is 1. The second-order valence-electron chi connectivity index (χ2n) is 6.66. The minimum absolute atomic E-state index is 0.193. The first kappa shape index (κ1) is 17.2. The molecule has 0 aliphatic carbocycles. The van der Waals surface area contributed by atoms with Gasteiger partial charge in [0.2, 0.25) is 0 Å². The maximum Gasteiger partial charge on any atom is 0.271 e. The van der Waals surface area contributed by atoms with E-state index in [4.69, 9.17) is 0 Å². The number of aromatic nitrogens is 4. The normalized spacial score (nSPS) is 19.9. The van der Waals surface area contributed by atoms with Gasteiger partial charge in [0.15, 0.2) is 0 Å². The van der Waals surface area contributed by atoms with Crippen molar-refractivity contribution in [1.82, 2.24) is 25.1 Å². The number of nitrogens with zero attached hydrogens (tertiary/aromatic N) is 6. The van der Waals surface area contributed by atoms with Crippen LogP contribution >= 0.6 is 0 Å². The molecular weight excluding hydrogens is 322 g/mol. The van der Waals surface area contributed by atoms with Crippen LogP contribution in [0.1, 0.15) is 16.9 Å². The van der Waals surface area contributed by atoms with Crippen molar-refractivity contribution in [3.63, 3.8) is 0 Å². The summed E-state index contributed by atoms with van der Waals surface area (Å²) in [6.07, 6.45) is 3.62. The van der Waals surface area contributed by atoms with Crippen molar-refractivity contribution in [3.05, 3.63) is 30.4 Å². The van der Waals surface area contributed by atoms with Crippen LogP contribution in [0.5, 0.6) is 0 Å². The number of likely N-dealkylation sites (N-methyl/N-ethyl adjacent to an activating group) is 1. The molecule has 1 amide bonds. The molecule has 9 nitrogen and oxygen atoms in total. The van der Waals surface area contributed by atoms with Crippen molar-refractivity contribution in [3.8, 4) is 0 Å². The van der Waals surface area contributed by atoms with Gasteiger partial charge in [0.05, 0.1) is 6.54 Å². The average Bonchev–Trinajstić information content (AvgIpc) is 3.24. The van der Waals surface area contributed by atoms with E-state index < -0.39 is 5.60 Å². The molecule has 1 aliphatic rings. The molecular formula is C16H23N7O2. The number of hydrogen-bond acceptors (Lipinski definition) is 7. The first-order chi connectivity index (χ1) is 11.9. The molecule has 134 valence electrons. The molecule has 3 heterocycles. The van der Waals surface area contributed by atoms with E-state index in [2.05, 4.69) is 20.2 Å². The second kappa shape index (κ2) is 6.67. The van der Waals surface area contributed by atoms with E-state index in [9.17, 15) is 9.90 Å². The quantitative estimate of drug-likeness (QED) is 0.785. The highest BCUT2D eigenvalue weighted by Crippen LogP contribution is 2.27. The molecule has 0 saturated carbocycles. The molecule has 9 heteroatoms. The van der Waals surface area contributed by atoms with Crippen molar-refractivity contribution < 1.29 is 9.90 Å². The molecule has 0 unspecified atom stereocenters. The van der Waals surface area contributed by atoms with E-state index in [1.165, 1.54) is 17.4 Å². The van der Waals surface area contributed by atoms with Crippen LogP contribution in [0.25, 0.3) is 0 Å². The monoisotopic (exact) mass is 345 g/mol. The van der Waals surface area contributed by atoms with Crippen molar-refractivity contribution in [2.75, 3.05) is 50.6 Å². The molecule has 3 rings (SSSR count). The number of rotatable bonds is 5. The Bertz CT molecular complexity index is 734. The maximum absolute atomic E-state index is 12.3. The molecule has 1 atom stereocenters. The molecule has 0 bridgehead atoms. The Labute approximate surface area is 146 Å². The summed E-state index contributed by atoms with van der Waals surface area (Å²) in [5.74, 6) is 1.39. The van der Waals surface area contributed by atoms with Gasteiger partial charge in [-0.05, 0) is 12.5 Å². The van der Waals surface area contributed by atoms with Gasteiger partial charge >= 0.3 is 0 Å². The second-order valence-corrected chi connectivity index (χ2v) is 6.66. The molecule has 0 spiro atoms. The van der Waals surface area contributed by atoms with Crippen LogP contribution in [0.3, 0.4) is 0 Å². The van der Waals surface area contributed by atoms with E-state index in [0.29, 0.717) is 25.2 Å². The first-order valence-electron chi connectivity index (χ1n) is 8.09. The predicted molar refractivity (Wildman–Crippen MR) is 93.7 cm³/mol. The molecule has 0 radical (unpaired) electrons. The largest absolute Gasteiger partial charge is 0.386 e.